The molecule has 1 unspecified atom stereocenters. The van der Waals surface area contributed by atoms with Gasteiger partial charge in [0.1, 0.15) is 0 Å². The monoisotopic (exact) mass is 249 g/mol. The summed E-state index contributed by atoms with van der Waals surface area (Å²) >= 11 is 1.49. The number of thiazole rings is 1. The van der Waals surface area contributed by atoms with Crippen LogP contribution in [-0.2, 0) is 4.79 Å². The van der Waals surface area contributed by atoms with E-state index in [1.807, 2.05) is 31.2 Å². The first-order chi connectivity index (χ1) is 8.20. The number of hydrogen-bond donors (Lipinski definition) is 2. The molecule has 0 aliphatic heterocycles. The Morgan fingerprint density at radius 3 is 3.00 bits per heavy atom. The highest BCUT2D eigenvalue weighted by Crippen LogP contribution is 2.25. The van der Waals surface area contributed by atoms with E-state index >= 15 is 0 Å². The van der Waals surface area contributed by atoms with Crippen molar-refractivity contribution < 1.29 is 4.79 Å². The molecule has 0 aliphatic rings. The molecule has 1 amide bonds. The van der Waals surface area contributed by atoms with Crippen LogP contribution in [0.1, 0.15) is 13.3 Å². The zero-order valence-electron chi connectivity index (χ0n) is 9.64. The molecule has 0 fully saturated rings. The summed E-state index contributed by atoms with van der Waals surface area (Å²) < 4.78 is 1.08. The number of hydrogen-bond acceptors (Lipinski definition) is 4. The Hall–Kier alpha value is -1.46. The van der Waals surface area contributed by atoms with Crippen molar-refractivity contribution in [3.8, 4) is 0 Å². The predicted octanol–water partition coefficient (Wildman–Crippen LogP) is 2.22. The summed E-state index contributed by atoms with van der Waals surface area (Å²) in [6.45, 7) is 2.39. The van der Waals surface area contributed by atoms with E-state index < -0.39 is 0 Å². The van der Waals surface area contributed by atoms with Crippen LogP contribution in [0.3, 0.4) is 0 Å². The second kappa shape index (κ2) is 5.25. The maximum Gasteiger partial charge on any atom is 0.229 e. The van der Waals surface area contributed by atoms with Crippen molar-refractivity contribution in [1.29, 1.82) is 0 Å². The fourth-order valence-corrected chi connectivity index (χ4v) is 2.40. The molecule has 4 nitrogen and oxygen atoms in total. The van der Waals surface area contributed by atoms with Gasteiger partial charge in [-0.3, -0.25) is 4.79 Å². The second-order valence-electron chi connectivity index (χ2n) is 3.95. The van der Waals surface area contributed by atoms with Gasteiger partial charge >= 0.3 is 0 Å². The zero-order valence-corrected chi connectivity index (χ0v) is 10.5. The highest BCUT2D eigenvalue weighted by Gasteiger charge is 2.13. The largest absolute Gasteiger partial charge is 0.330 e. The van der Waals surface area contributed by atoms with Gasteiger partial charge in [-0.25, -0.2) is 4.98 Å². The summed E-state index contributed by atoms with van der Waals surface area (Å²) in [5, 5.41) is 3.48. The number of fused-ring (bicyclic) bond motifs is 1. The molecule has 90 valence electrons. The molecule has 3 N–H and O–H groups in total. The lowest BCUT2D eigenvalue weighted by atomic mass is 10.1. The van der Waals surface area contributed by atoms with Crippen LogP contribution in [0.5, 0.6) is 0 Å². The number of carbonyl (C=O) groups excluding carboxylic acids is 1. The highest BCUT2D eigenvalue weighted by molar-refractivity contribution is 7.22. The molecule has 1 aromatic carbocycles. The lowest BCUT2D eigenvalue weighted by Crippen LogP contribution is -2.22. The molecule has 0 aliphatic carbocycles. The van der Waals surface area contributed by atoms with Gasteiger partial charge in [0.05, 0.1) is 10.2 Å². The first kappa shape index (κ1) is 12.0. The van der Waals surface area contributed by atoms with E-state index in [1.165, 1.54) is 11.3 Å². The highest BCUT2D eigenvalue weighted by atomic mass is 32.1. The fraction of sp³-hybridized carbons (Fsp3) is 0.333. The van der Waals surface area contributed by atoms with E-state index in [4.69, 9.17) is 5.73 Å². The molecular weight excluding hydrogens is 234 g/mol. The minimum atomic E-state index is -0.0768. The third-order valence-electron chi connectivity index (χ3n) is 2.57. The van der Waals surface area contributed by atoms with Crippen molar-refractivity contribution in [2.75, 3.05) is 11.9 Å². The SMILES string of the molecule is CC(CCN)C(=O)Nc1nc2ccccc2s1. The van der Waals surface area contributed by atoms with Gasteiger partial charge in [-0.1, -0.05) is 30.4 Å². The molecule has 0 radical (unpaired) electrons. The molecule has 0 saturated carbocycles. The summed E-state index contributed by atoms with van der Waals surface area (Å²) in [6, 6.07) is 7.82. The van der Waals surface area contributed by atoms with Crippen LogP contribution in [0.25, 0.3) is 10.2 Å². The number of nitrogens with zero attached hydrogens (tertiary/aromatic N) is 1. The van der Waals surface area contributed by atoms with E-state index in [-0.39, 0.29) is 11.8 Å². The van der Waals surface area contributed by atoms with Gasteiger partial charge in [0.25, 0.3) is 0 Å². The minimum Gasteiger partial charge on any atom is -0.330 e. The van der Waals surface area contributed by atoms with Gasteiger partial charge in [0.15, 0.2) is 5.13 Å². The summed E-state index contributed by atoms with van der Waals surface area (Å²) in [5.41, 5.74) is 6.34. The van der Waals surface area contributed by atoms with E-state index in [2.05, 4.69) is 10.3 Å². The van der Waals surface area contributed by atoms with Gasteiger partial charge in [0, 0.05) is 5.92 Å². The third-order valence-corrected chi connectivity index (χ3v) is 3.52. The lowest BCUT2D eigenvalue weighted by Gasteiger charge is -2.08. The van der Waals surface area contributed by atoms with Crippen LogP contribution < -0.4 is 11.1 Å². The summed E-state index contributed by atoms with van der Waals surface area (Å²) in [4.78, 5) is 16.1. The van der Waals surface area contributed by atoms with Gasteiger partial charge in [0.2, 0.25) is 5.91 Å². The Bertz CT molecular complexity index is 490. The van der Waals surface area contributed by atoms with Crippen LogP contribution >= 0.6 is 11.3 Å². The quantitative estimate of drug-likeness (QED) is 0.873. The van der Waals surface area contributed by atoms with Crippen molar-refractivity contribution in [3.05, 3.63) is 24.3 Å². The van der Waals surface area contributed by atoms with Gasteiger partial charge in [-0.2, -0.15) is 0 Å². The lowest BCUT2D eigenvalue weighted by molar-refractivity contribution is -0.119. The number of nitrogens with two attached hydrogens (primary N) is 1. The van der Waals surface area contributed by atoms with Crippen LogP contribution in [0.4, 0.5) is 5.13 Å². The average molecular weight is 249 g/mol. The number of carbonyl (C=O) groups is 1. The molecule has 0 bridgehead atoms. The van der Waals surface area contributed by atoms with Gasteiger partial charge < -0.3 is 11.1 Å². The number of nitrogens with one attached hydrogen (secondary N) is 1. The maximum atomic E-state index is 11.8. The van der Waals surface area contributed by atoms with E-state index in [0.717, 1.165) is 10.2 Å². The molecule has 2 rings (SSSR count). The molecule has 1 atom stereocenters. The Balaban J connectivity index is 2.10. The Morgan fingerprint density at radius 1 is 1.53 bits per heavy atom. The second-order valence-corrected chi connectivity index (χ2v) is 4.99. The van der Waals surface area contributed by atoms with Crippen molar-refractivity contribution in [3.63, 3.8) is 0 Å². The molecule has 17 heavy (non-hydrogen) atoms. The van der Waals surface area contributed by atoms with Crippen molar-refractivity contribution in [2.24, 2.45) is 11.7 Å². The molecule has 1 aromatic heterocycles. The first-order valence-electron chi connectivity index (χ1n) is 5.57. The van der Waals surface area contributed by atoms with Gasteiger partial charge in [-0.05, 0) is 25.1 Å². The smallest absolute Gasteiger partial charge is 0.229 e. The number of amides is 1. The Labute approximate surface area is 104 Å². The third kappa shape index (κ3) is 2.81. The molecule has 2 aromatic rings. The van der Waals surface area contributed by atoms with Crippen molar-refractivity contribution in [1.82, 2.24) is 4.98 Å². The predicted molar refractivity (Wildman–Crippen MR) is 71.1 cm³/mol. The minimum absolute atomic E-state index is 0.0190. The normalized spacial score (nSPS) is 12.6. The summed E-state index contributed by atoms with van der Waals surface area (Å²) in [5.74, 6) is -0.0958. The van der Waals surface area contributed by atoms with Crippen LogP contribution in [0.2, 0.25) is 0 Å². The molecule has 5 heteroatoms. The van der Waals surface area contributed by atoms with Crippen molar-refractivity contribution >= 4 is 32.6 Å². The fourth-order valence-electron chi connectivity index (χ4n) is 1.54. The topological polar surface area (TPSA) is 68.0 Å². The number of benzene rings is 1. The number of aromatic nitrogens is 1. The van der Waals surface area contributed by atoms with E-state index in [9.17, 15) is 4.79 Å². The Kier molecular flexibility index (Phi) is 3.71. The van der Waals surface area contributed by atoms with E-state index in [0.29, 0.717) is 18.1 Å². The molecule has 0 saturated heterocycles. The number of rotatable bonds is 4. The summed E-state index contributed by atoms with van der Waals surface area (Å²) in [7, 11) is 0. The summed E-state index contributed by atoms with van der Waals surface area (Å²) in [6.07, 6.45) is 0.691. The van der Waals surface area contributed by atoms with Crippen LogP contribution in [0.15, 0.2) is 24.3 Å². The zero-order chi connectivity index (χ0) is 12.3. The van der Waals surface area contributed by atoms with E-state index in [1.54, 1.807) is 0 Å². The first-order valence-corrected chi connectivity index (χ1v) is 6.39. The Morgan fingerprint density at radius 2 is 2.29 bits per heavy atom. The molecule has 1 heterocycles. The molecular formula is C12H15N3OS. The van der Waals surface area contributed by atoms with Gasteiger partial charge in [-0.15, -0.1) is 0 Å². The van der Waals surface area contributed by atoms with Crippen LogP contribution in [-0.4, -0.2) is 17.4 Å². The van der Waals surface area contributed by atoms with Crippen molar-refractivity contribution in [2.45, 2.75) is 13.3 Å². The standard InChI is InChI=1S/C12H15N3OS/c1-8(6-7-13)11(16)15-12-14-9-4-2-3-5-10(9)17-12/h2-5,8H,6-7,13H2,1H3,(H,14,15,16). The number of anilines is 1. The number of para-hydroxylation sites is 1. The van der Waals surface area contributed by atoms with Crippen LogP contribution in [0, 0.1) is 5.92 Å². The molecule has 0 spiro atoms. The maximum absolute atomic E-state index is 11.8. The average Bonchev–Trinajstić information content (AvgIpc) is 2.71.